The minimum Gasteiger partial charge on any atom is -0.549 e. The van der Waals surface area contributed by atoms with Crippen LogP contribution in [-0.2, 0) is 48.0 Å². The molecule has 0 fully saturated rings. The average Bonchev–Trinajstić information content (AvgIpc) is 2.53. The first kappa shape index (κ1) is 36.2. The molecule has 0 aliphatic carbocycles. The molecule has 2 rings (SSSR count). The van der Waals surface area contributed by atoms with Gasteiger partial charge in [-0.1, -0.05) is 0 Å². The van der Waals surface area contributed by atoms with Gasteiger partial charge in [0.2, 0.25) is 0 Å². The van der Waals surface area contributed by atoms with Gasteiger partial charge in [0.25, 0.3) is 0 Å². The molecule has 0 saturated carbocycles. The van der Waals surface area contributed by atoms with Crippen molar-refractivity contribution in [2.45, 2.75) is 9.79 Å². The summed E-state index contributed by atoms with van der Waals surface area (Å²) in [4.78, 5) is 29.4. The molecule has 0 aliphatic rings. The number of pyridine rings is 2. The van der Waals surface area contributed by atoms with E-state index in [2.05, 4.69) is 9.97 Å². The third-order valence-corrected chi connectivity index (χ3v) is 3.98. The standard InChI is InChI=1S/2C7H7NO2S.Ni.4H2O/c2*9-7(10)5-11-6-1-3-8-4-2-6;;;;;/h2*1-4H,5H2,(H,9,10);;4*1H2/q;;+2;;;;/p+2. The first-order valence-corrected chi connectivity index (χ1v) is 8.00. The van der Waals surface area contributed by atoms with Crippen LogP contribution in [0.1, 0.15) is 0 Å². The number of carboxylic acids is 2. The number of hydrogen-bond acceptors (Lipinski definition) is 8. The Morgan fingerprint density at radius 3 is 1.19 bits per heavy atom. The maximum absolute atomic E-state index is 10.0. The zero-order valence-electron chi connectivity index (χ0n) is 14.0. The largest absolute Gasteiger partial charge is 2.00 e. The molecule has 0 amide bonds. The number of thioether (sulfide) groups is 2. The van der Waals surface area contributed by atoms with Crippen LogP contribution < -0.4 is 10.2 Å². The predicted molar refractivity (Wildman–Crippen MR) is 99.4 cm³/mol. The van der Waals surface area contributed by atoms with E-state index in [0.717, 1.165) is 9.79 Å². The van der Waals surface area contributed by atoms with Crippen LogP contribution in [-0.4, -0.2) is 33.4 Å². The van der Waals surface area contributed by atoms with Gasteiger partial charge in [-0.25, -0.2) is 0 Å². The van der Waals surface area contributed by atoms with Gasteiger partial charge in [-0.05, 0) is 24.3 Å². The third-order valence-electron chi connectivity index (χ3n) is 2.01. The van der Waals surface area contributed by atoms with Crippen LogP contribution in [0.5, 0.6) is 0 Å². The van der Waals surface area contributed by atoms with Crippen LogP contribution in [0, 0.1) is 0 Å². The fourth-order valence-electron chi connectivity index (χ4n) is 1.15. The monoisotopic (exact) mass is 470 g/mol. The van der Waals surface area contributed by atoms with E-state index in [4.69, 9.17) is 0 Å². The number of carbonyl (C=O) groups excluding carboxylic acids is 2. The van der Waals surface area contributed by atoms with Gasteiger partial charge in [-0.2, -0.15) is 0 Å². The number of carbonyl (C=O) groups is 2. The van der Waals surface area contributed by atoms with Gasteiger partial charge < -0.3 is 41.7 Å². The van der Waals surface area contributed by atoms with Crippen molar-refractivity contribution < 1.29 is 58.2 Å². The van der Waals surface area contributed by atoms with Gasteiger partial charge >= 0.3 is 16.5 Å². The van der Waals surface area contributed by atoms with Crippen molar-refractivity contribution in [3.63, 3.8) is 0 Å². The molecule has 2 heterocycles. The first-order valence-electron chi connectivity index (χ1n) is 6.03. The Balaban J connectivity index is -0.000000101. The summed E-state index contributed by atoms with van der Waals surface area (Å²) in [5.74, 6) is -2.12. The van der Waals surface area contributed by atoms with E-state index in [0.29, 0.717) is 0 Å². The minimum atomic E-state index is -1.05. The second-order valence-electron chi connectivity index (χ2n) is 3.69. The Morgan fingerprint density at radius 1 is 0.704 bits per heavy atom. The molecule has 27 heavy (non-hydrogen) atoms. The van der Waals surface area contributed by atoms with E-state index in [1.807, 2.05) is 0 Å². The summed E-state index contributed by atoms with van der Waals surface area (Å²) in [6.07, 6.45) is 6.49. The number of aliphatic carboxylic acids is 2. The van der Waals surface area contributed by atoms with Crippen molar-refractivity contribution in [3.8, 4) is 0 Å². The van der Waals surface area contributed by atoms with Gasteiger partial charge in [-0.3, -0.25) is 9.97 Å². The van der Waals surface area contributed by atoms with E-state index in [9.17, 15) is 19.8 Å². The maximum atomic E-state index is 10.0. The van der Waals surface area contributed by atoms with Crippen LogP contribution in [0.4, 0.5) is 0 Å². The maximum Gasteiger partial charge on any atom is 2.00 e. The predicted octanol–water partition coefficient (Wildman–Crippen LogP) is -3.84. The van der Waals surface area contributed by atoms with Crippen LogP contribution in [0.2, 0.25) is 0 Å². The van der Waals surface area contributed by atoms with E-state index in [1.54, 1.807) is 49.1 Å². The topological polar surface area (TPSA) is 238 Å². The van der Waals surface area contributed by atoms with Gasteiger partial charge in [-0.15, -0.1) is 23.5 Å². The van der Waals surface area contributed by atoms with Crippen molar-refractivity contribution in [3.05, 3.63) is 49.1 Å². The zero-order chi connectivity index (χ0) is 16.2. The van der Waals surface area contributed by atoms with Crippen molar-refractivity contribution >= 4 is 35.5 Å². The summed E-state index contributed by atoms with van der Waals surface area (Å²) in [6.45, 7) is 0. The molecule has 0 radical (unpaired) electrons. The molecule has 2 aromatic heterocycles. The fraction of sp³-hybridized carbons (Fsp3) is 0.143. The van der Waals surface area contributed by atoms with E-state index in [1.165, 1.54) is 23.5 Å². The molecule has 156 valence electrons. The molecular formula is C14H24N2NiO8S2+4. The van der Waals surface area contributed by atoms with Crippen LogP contribution in [0.15, 0.2) is 58.8 Å². The molecule has 0 bridgehead atoms. The number of hydrogen-bond donors (Lipinski definition) is 0. The summed E-state index contributed by atoms with van der Waals surface area (Å²) >= 11 is 2.45. The molecule has 0 atom stereocenters. The Morgan fingerprint density at radius 2 is 0.963 bits per heavy atom. The van der Waals surface area contributed by atoms with Crippen LogP contribution >= 0.6 is 23.5 Å². The number of nitrogens with zero attached hydrogens (tertiary/aromatic N) is 2. The van der Waals surface area contributed by atoms with Gasteiger partial charge in [0.1, 0.15) is 0 Å². The average molecular weight is 471 g/mol. The Labute approximate surface area is 174 Å². The summed E-state index contributed by atoms with van der Waals surface area (Å²) in [5, 5.41) is 20.1. The van der Waals surface area contributed by atoms with Crippen LogP contribution in [0.25, 0.3) is 0 Å². The molecule has 13 heteroatoms. The molecule has 0 aromatic carbocycles. The van der Waals surface area contributed by atoms with Crippen LogP contribution in [0.3, 0.4) is 0 Å². The molecule has 10 nitrogen and oxygen atoms in total. The SMILES string of the molecule is O=C([O-])CSc1ccncc1.O=C([O-])CSc1ccncc1.[Ni+2].[OH3+].[OH3+].[OH3+].[OH3+]. The van der Waals surface area contributed by atoms with Gasteiger partial charge in [0.05, 0.1) is 11.9 Å². The van der Waals surface area contributed by atoms with Crippen molar-refractivity contribution in [2.75, 3.05) is 11.5 Å². The second-order valence-corrected chi connectivity index (χ2v) is 5.78. The molecule has 2 aromatic rings. The zero-order valence-corrected chi connectivity index (χ0v) is 16.6. The summed E-state index contributed by atoms with van der Waals surface area (Å²) < 4.78 is 0. The van der Waals surface area contributed by atoms with E-state index < -0.39 is 11.9 Å². The first-order chi connectivity index (χ1) is 10.6. The molecule has 0 aliphatic heterocycles. The summed E-state index contributed by atoms with van der Waals surface area (Å²) in [7, 11) is 0. The van der Waals surface area contributed by atoms with Gasteiger partial charge in [0, 0.05) is 46.1 Å². The second kappa shape index (κ2) is 22.3. The Bertz CT molecular complexity index is 543. The van der Waals surface area contributed by atoms with Crippen molar-refractivity contribution in [1.29, 1.82) is 0 Å². The van der Waals surface area contributed by atoms with Gasteiger partial charge in [0.15, 0.2) is 0 Å². The quantitative estimate of drug-likeness (QED) is 0.229. The number of aromatic nitrogens is 2. The number of rotatable bonds is 6. The summed E-state index contributed by atoms with van der Waals surface area (Å²) in [5.41, 5.74) is 0. The number of carboxylic acid groups (broad SMARTS) is 2. The Kier molecular flexibility index (Phi) is 29.9. The summed E-state index contributed by atoms with van der Waals surface area (Å²) in [6, 6.07) is 7.03. The smallest absolute Gasteiger partial charge is 0.549 e. The van der Waals surface area contributed by atoms with E-state index >= 15 is 0 Å². The molecule has 0 spiro atoms. The Hall–Kier alpha value is -1.73. The van der Waals surface area contributed by atoms with Crippen molar-refractivity contribution in [1.82, 2.24) is 9.97 Å². The third kappa shape index (κ3) is 20.4. The fourth-order valence-corrected chi connectivity index (χ4v) is 2.35. The minimum absolute atomic E-state index is 0. The normalized spacial score (nSPS) is 7.70. The molecule has 0 unspecified atom stereocenters. The molecular weight excluding hydrogens is 447 g/mol. The van der Waals surface area contributed by atoms with E-state index in [-0.39, 0.29) is 49.9 Å². The van der Waals surface area contributed by atoms with Crippen molar-refractivity contribution in [2.24, 2.45) is 0 Å². The molecule has 0 saturated heterocycles. The molecule has 12 N–H and O–H groups in total.